The van der Waals surface area contributed by atoms with Crippen molar-refractivity contribution in [2.24, 2.45) is 0 Å². The van der Waals surface area contributed by atoms with Crippen LogP contribution in [0.2, 0.25) is 5.02 Å². The first kappa shape index (κ1) is 13.6. The second-order valence-corrected chi connectivity index (χ2v) is 5.44. The fourth-order valence-electron chi connectivity index (χ4n) is 1.39. The van der Waals surface area contributed by atoms with Crippen molar-refractivity contribution >= 4 is 23.4 Å². The maximum atomic E-state index is 5.84. The van der Waals surface area contributed by atoms with E-state index in [0.29, 0.717) is 6.04 Å². The molecule has 0 heterocycles. The molecule has 1 nitrogen and oxygen atoms in total. The zero-order valence-electron chi connectivity index (χ0n) is 9.79. The highest BCUT2D eigenvalue weighted by atomic mass is 35.5. The summed E-state index contributed by atoms with van der Waals surface area (Å²) in [5, 5.41) is 4.10. The lowest BCUT2D eigenvalue weighted by molar-refractivity contribution is 0.615. The predicted molar refractivity (Wildman–Crippen MR) is 74.5 cm³/mol. The summed E-state index contributed by atoms with van der Waals surface area (Å²) in [6, 6.07) is 8.45. The molecule has 0 fully saturated rings. The van der Waals surface area contributed by atoms with E-state index in [1.54, 1.807) is 0 Å². The SMILES string of the molecule is C=C(C)CC(CSc1ccc(Cl)cc1)NC. The lowest BCUT2D eigenvalue weighted by Gasteiger charge is -2.15. The third-order valence-corrected chi connectivity index (χ3v) is 3.69. The average molecular weight is 256 g/mol. The fourth-order valence-corrected chi connectivity index (χ4v) is 2.53. The molecule has 0 radical (unpaired) electrons. The van der Waals surface area contributed by atoms with Gasteiger partial charge in [0.1, 0.15) is 0 Å². The predicted octanol–water partition coefficient (Wildman–Crippen LogP) is 3.99. The van der Waals surface area contributed by atoms with Crippen LogP contribution < -0.4 is 5.32 Å². The molecule has 1 aromatic carbocycles. The Morgan fingerprint density at radius 3 is 2.56 bits per heavy atom. The van der Waals surface area contributed by atoms with E-state index in [9.17, 15) is 0 Å². The highest BCUT2D eigenvalue weighted by Crippen LogP contribution is 2.22. The monoisotopic (exact) mass is 255 g/mol. The summed E-state index contributed by atoms with van der Waals surface area (Å²) in [5.41, 5.74) is 1.22. The van der Waals surface area contributed by atoms with E-state index in [-0.39, 0.29) is 0 Å². The molecule has 88 valence electrons. The number of nitrogens with one attached hydrogen (secondary N) is 1. The zero-order chi connectivity index (χ0) is 12.0. The fraction of sp³-hybridized carbons (Fsp3) is 0.385. The van der Waals surface area contributed by atoms with E-state index < -0.39 is 0 Å². The van der Waals surface area contributed by atoms with Crippen LogP contribution in [-0.2, 0) is 0 Å². The van der Waals surface area contributed by atoms with Gasteiger partial charge in [0.05, 0.1) is 0 Å². The molecular formula is C13H18ClNS. The zero-order valence-corrected chi connectivity index (χ0v) is 11.4. The maximum absolute atomic E-state index is 5.84. The molecule has 0 spiro atoms. The Balaban J connectivity index is 2.43. The second-order valence-electron chi connectivity index (χ2n) is 3.91. The molecule has 0 aliphatic carbocycles. The summed E-state index contributed by atoms with van der Waals surface area (Å²) >= 11 is 7.68. The maximum Gasteiger partial charge on any atom is 0.0406 e. The quantitative estimate of drug-likeness (QED) is 0.610. The van der Waals surface area contributed by atoms with Gasteiger partial charge in [-0.25, -0.2) is 0 Å². The van der Waals surface area contributed by atoms with Gasteiger partial charge in [-0.3, -0.25) is 0 Å². The van der Waals surface area contributed by atoms with Crippen molar-refractivity contribution in [3.63, 3.8) is 0 Å². The van der Waals surface area contributed by atoms with E-state index in [0.717, 1.165) is 17.2 Å². The van der Waals surface area contributed by atoms with Gasteiger partial charge in [0.2, 0.25) is 0 Å². The minimum Gasteiger partial charge on any atom is -0.316 e. The van der Waals surface area contributed by atoms with E-state index in [2.05, 4.69) is 31.0 Å². The van der Waals surface area contributed by atoms with E-state index in [1.165, 1.54) is 10.5 Å². The van der Waals surface area contributed by atoms with E-state index >= 15 is 0 Å². The molecular weight excluding hydrogens is 238 g/mol. The van der Waals surface area contributed by atoms with Crippen molar-refractivity contribution in [1.29, 1.82) is 0 Å². The molecule has 0 bridgehead atoms. The summed E-state index contributed by atoms with van der Waals surface area (Å²) in [6.07, 6.45) is 1.02. The van der Waals surface area contributed by atoms with Gasteiger partial charge in [0.25, 0.3) is 0 Å². The Labute approximate surface area is 107 Å². The van der Waals surface area contributed by atoms with Gasteiger partial charge in [0.15, 0.2) is 0 Å². The molecule has 1 N–H and O–H groups in total. The van der Waals surface area contributed by atoms with Crippen molar-refractivity contribution < 1.29 is 0 Å². The van der Waals surface area contributed by atoms with Crippen molar-refractivity contribution in [1.82, 2.24) is 5.32 Å². The van der Waals surface area contributed by atoms with Gasteiger partial charge >= 0.3 is 0 Å². The van der Waals surface area contributed by atoms with Gasteiger partial charge in [0, 0.05) is 21.7 Å². The van der Waals surface area contributed by atoms with Crippen molar-refractivity contribution in [3.05, 3.63) is 41.4 Å². The minimum atomic E-state index is 0.484. The standard InChI is InChI=1S/C13H18ClNS/c1-10(2)8-12(15-3)9-16-13-6-4-11(14)5-7-13/h4-7,12,15H,1,8-9H2,2-3H3. The van der Waals surface area contributed by atoms with Crippen LogP contribution in [0.1, 0.15) is 13.3 Å². The molecule has 1 atom stereocenters. The number of halogens is 1. The molecule has 0 aliphatic rings. The number of rotatable bonds is 6. The largest absolute Gasteiger partial charge is 0.316 e. The van der Waals surface area contributed by atoms with Crippen LogP contribution in [0.25, 0.3) is 0 Å². The summed E-state index contributed by atoms with van der Waals surface area (Å²) in [7, 11) is 2.00. The Bertz CT molecular complexity index is 334. The second kappa shape index (κ2) is 7.00. The molecule has 1 aromatic rings. The number of hydrogen-bond acceptors (Lipinski definition) is 2. The molecule has 3 heteroatoms. The Morgan fingerprint density at radius 2 is 2.06 bits per heavy atom. The highest BCUT2D eigenvalue weighted by molar-refractivity contribution is 7.99. The van der Waals surface area contributed by atoms with Crippen LogP contribution in [0.15, 0.2) is 41.3 Å². The Hall–Kier alpha value is -0.440. The van der Waals surface area contributed by atoms with Crippen molar-refractivity contribution in [3.8, 4) is 0 Å². The lowest BCUT2D eigenvalue weighted by Crippen LogP contribution is -2.27. The summed E-state index contributed by atoms with van der Waals surface area (Å²) in [6.45, 7) is 6.01. The molecule has 16 heavy (non-hydrogen) atoms. The molecule has 0 aliphatic heterocycles. The van der Waals surface area contributed by atoms with Gasteiger partial charge in [-0.05, 0) is 44.7 Å². The molecule has 0 saturated carbocycles. The van der Waals surface area contributed by atoms with Crippen molar-refractivity contribution in [2.75, 3.05) is 12.8 Å². The van der Waals surface area contributed by atoms with Crippen LogP contribution >= 0.6 is 23.4 Å². The molecule has 0 saturated heterocycles. The summed E-state index contributed by atoms with van der Waals surface area (Å²) in [4.78, 5) is 1.26. The van der Waals surface area contributed by atoms with Crippen LogP contribution in [0.4, 0.5) is 0 Å². The third kappa shape index (κ3) is 5.06. The number of thioether (sulfide) groups is 1. The smallest absolute Gasteiger partial charge is 0.0406 e. The number of hydrogen-bond donors (Lipinski definition) is 1. The molecule has 1 rings (SSSR count). The normalized spacial score (nSPS) is 12.4. The van der Waals surface area contributed by atoms with E-state index in [1.807, 2.05) is 30.9 Å². The van der Waals surface area contributed by atoms with Gasteiger partial charge in [-0.15, -0.1) is 18.3 Å². The van der Waals surface area contributed by atoms with Gasteiger partial charge in [-0.2, -0.15) is 0 Å². The molecule has 0 amide bonds. The third-order valence-electron chi connectivity index (χ3n) is 2.27. The van der Waals surface area contributed by atoms with Gasteiger partial charge in [-0.1, -0.05) is 17.2 Å². The summed E-state index contributed by atoms with van der Waals surface area (Å²) < 4.78 is 0. The first-order valence-electron chi connectivity index (χ1n) is 5.32. The van der Waals surface area contributed by atoms with E-state index in [4.69, 9.17) is 11.6 Å². The first-order valence-corrected chi connectivity index (χ1v) is 6.68. The summed E-state index contributed by atoms with van der Waals surface area (Å²) in [5.74, 6) is 1.05. The van der Waals surface area contributed by atoms with Crippen LogP contribution in [0.5, 0.6) is 0 Å². The molecule has 0 aromatic heterocycles. The highest BCUT2D eigenvalue weighted by Gasteiger charge is 2.06. The van der Waals surface area contributed by atoms with Crippen LogP contribution in [-0.4, -0.2) is 18.8 Å². The van der Waals surface area contributed by atoms with Crippen LogP contribution in [0.3, 0.4) is 0 Å². The van der Waals surface area contributed by atoms with Gasteiger partial charge < -0.3 is 5.32 Å². The van der Waals surface area contributed by atoms with Crippen molar-refractivity contribution in [2.45, 2.75) is 24.3 Å². The Kier molecular flexibility index (Phi) is 5.96. The topological polar surface area (TPSA) is 12.0 Å². The lowest BCUT2D eigenvalue weighted by atomic mass is 10.1. The minimum absolute atomic E-state index is 0.484. The first-order chi connectivity index (χ1) is 7.61. The Morgan fingerprint density at radius 1 is 1.44 bits per heavy atom. The average Bonchev–Trinajstić information content (AvgIpc) is 2.26. The van der Waals surface area contributed by atoms with Crippen LogP contribution in [0, 0.1) is 0 Å². The molecule has 1 unspecified atom stereocenters. The number of benzene rings is 1.